The van der Waals surface area contributed by atoms with Gasteiger partial charge in [-0.2, -0.15) is 0 Å². The molecule has 0 aliphatic heterocycles. The molecule has 37 heavy (non-hydrogen) atoms. The molecule has 0 fully saturated rings. The van der Waals surface area contributed by atoms with Crippen molar-refractivity contribution in [1.29, 1.82) is 0 Å². The minimum absolute atomic E-state index is 0.101. The third-order valence-corrected chi connectivity index (χ3v) is 14.6. The molecular weight excluding hydrogens is 489 g/mol. The normalized spacial score (nSPS) is 11.4. The zero-order chi connectivity index (χ0) is 25.5. The molecule has 0 bridgehead atoms. The highest BCUT2D eigenvalue weighted by Gasteiger charge is 2.33. The second-order valence-electron chi connectivity index (χ2n) is 9.24. The van der Waals surface area contributed by atoms with E-state index >= 15 is 0 Å². The van der Waals surface area contributed by atoms with Crippen LogP contribution in [0.2, 0.25) is 0 Å². The zero-order valence-electron chi connectivity index (χ0n) is 20.8. The van der Waals surface area contributed by atoms with E-state index in [0.29, 0.717) is 6.54 Å². The lowest BCUT2D eigenvalue weighted by atomic mass is 10.4. The Bertz CT molecular complexity index is 1200. The summed E-state index contributed by atoms with van der Waals surface area (Å²) in [6, 6.07) is 46.9. The molecule has 0 saturated carbocycles. The van der Waals surface area contributed by atoms with Gasteiger partial charge >= 0.3 is 0 Å². The maximum Gasteiger partial charge on any atom is 0.193 e. The van der Waals surface area contributed by atoms with E-state index < -0.39 is 17.9 Å². The van der Waals surface area contributed by atoms with Crippen LogP contribution in [0.4, 0.5) is 0 Å². The molecule has 0 aliphatic rings. The van der Waals surface area contributed by atoms with Gasteiger partial charge in [0, 0.05) is 18.7 Å². The van der Waals surface area contributed by atoms with Crippen molar-refractivity contribution in [1.82, 2.24) is 8.80 Å². The number of nitrogens with zero attached hydrogens (tertiary/aromatic N) is 2. The molecule has 4 nitrogen and oxygen atoms in total. The molecule has 0 saturated heterocycles. The Labute approximate surface area is 222 Å². The Morgan fingerprint density at radius 3 is 1.14 bits per heavy atom. The maximum absolute atomic E-state index is 10.2. The molecule has 0 radical (unpaired) electrons. The van der Waals surface area contributed by atoms with Gasteiger partial charge < -0.3 is 14.4 Å². The van der Waals surface area contributed by atoms with Crippen molar-refractivity contribution in [2.75, 3.05) is 6.54 Å². The Morgan fingerprint density at radius 1 is 0.486 bits per heavy atom. The molecule has 4 aromatic carbocycles. The minimum Gasteiger partial charge on any atom is -0.494 e. The van der Waals surface area contributed by atoms with Gasteiger partial charge in [0.2, 0.25) is 0 Å². The van der Waals surface area contributed by atoms with Gasteiger partial charge in [0.05, 0.1) is 0 Å². The van der Waals surface area contributed by atoms with E-state index in [0.717, 1.165) is 13.0 Å². The highest BCUT2D eigenvalue weighted by molar-refractivity contribution is 6.96. The average molecular weight is 521 g/mol. The van der Waals surface area contributed by atoms with Crippen LogP contribution in [0.15, 0.2) is 133 Å². The molecule has 6 heteroatoms. The van der Waals surface area contributed by atoms with Crippen molar-refractivity contribution in [3.8, 4) is 11.8 Å². The lowest BCUT2D eigenvalue weighted by Gasteiger charge is -2.38. The Balaban J connectivity index is 1.62. The van der Waals surface area contributed by atoms with E-state index in [1.54, 1.807) is 16.7 Å². The van der Waals surface area contributed by atoms with Gasteiger partial charge in [0.1, 0.15) is 0 Å². The Kier molecular flexibility index (Phi) is 8.00. The summed E-state index contributed by atoms with van der Waals surface area (Å²) in [6.45, 7) is 1.41. The quantitative estimate of drug-likeness (QED) is 0.279. The van der Waals surface area contributed by atoms with E-state index in [2.05, 4.69) is 126 Å². The fourth-order valence-electron chi connectivity index (χ4n) is 5.19. The fourth-order valence-corrected chi connectivity index (χ4v) is 14.0. The second kappa shape index (κ2) is 11.9. The van der Waals surface area contributed by atoms with Crippen LogP contribution in [-0.2, 0) is 6.54 Å². The summed E-state index contributed by atoms with van der Waals surface area (Å²) in [5.74, 6) is 0.202. The highest BCUT2D eigenvalue weighted by Crippen LogP contribution is 2.21. The number of aromatic nitrogens is 1. The predicted octanol–water partition coefficient (Wildman–Crippen LogP) is 2.67. The van der Waals surface area contributed by atoms with Crippen LogP contribution in [0.1, 0.15) is 6.42 Å². The number of hydrogen-bond acceptors (Lipinski definition) is 3. The number of aromatic hydroxyl groups is 2. The topological polar surface area (TPSA) is 48.6 Å². The van der Waals surface area contributed by atoms with Gasteiger partial charge in [-0.3, -0.25) is 4.57 Å². The van der Waals surface area contributed by atoms with Gasteiger partial charge in [0.15, 0.2) is 29.7 Å². The van der Waals surface area contributed by atoms with Crippen molar-refractivity contribution >= 4 is 38.7 Å². The lowest BCUT2D eigenvalue weighted by molar-refractivity contribution is 0.361. The van der Waals surface area contributed by atoms with Crippen LogP contribution in [0.5, 0.6) is 11.8 Å². The first-order valence-corrected chi connectivity index (χ1v) is 16.1. The number of rotatable bonds is 10. The van der Waals surface area contributed by atoms with Crippen molar-refractivity contribution in [2.45, 2.75) is 13.0 Å². The van der Waals surface area contributed by atoms with Crippen molar-refractivity contribution in [2.24, 2.45) is 0 Å². The third kappa shape index (κ3) is 5.77. The number of benzene rings is 4. The first-order valence-electron chi connectivity index (χ1n) is 12.8. The zero-order valence-corrected chi connectivity index (χ0v) is 23.1. The van der Waals surface area contributed by atoms with Crippen molar-refractivity contribution < 1.29 is 10.2 Å². The Morgan fingerprint density at radius 2 is 0.811 bits per heavy atom. The van der Waals surface area contributed by atoms with E-state index in [1.165, 1.54) is 20.7 Å². The third-order valence-electron chi connectivity index (χ3n) is 6.86. The van der Waals surface area contributed by atoms with E-state index in [1.807, 2.05) is 0 Å². The van der Waals surface area contributed by atoms with Crippen LogP contribution < -0.4 is 20.7 Å². The molecule has 2 N–H and O–H groups in total. The van der Waals surface area contributed by atoms with Crippen LogP contribution in [0.3, 0.4) is 0 Å². The average Bonchev–Trinajstić information content (AvgIpc) is 3.28. The van der Waals surface area contributed by atoms with Gasteiger partial charge in [-0.15, -0.1) is 0 Å². The molecule has 1 aromatic heterocycles. The Hall–Kier alpha value is -3.85. The molecule has 5 rings (SSSR count). The SMILES string of the molecule is Oc1ccc(O)n1CCCN([SiH](c1ccccc1)c1ccccc1)[SiH](c1ccccc1)c1ccccc1. The second-order valence-corrected chi connectivity index (χ2v) is 15.4. The lowest BCUT2D eigenvalue weighted by Crippen LogP contribution is -2.68. The van der Waals surface area contributed by atoms with Crippen LogP contribution in [-0.4, -0.2) is 43.5 Å². The molecule has 0 spiro atoms. The summed E-state index contributed by atoms with van der Waals surface area (Å²) in [4.78, 5) is 0. The smallest absolute Gasteiger partial charge is 0.193 e. The fraction of sp³-hybridized carbons (Fsp3) is 0.0968. The van der Waals surface area contributed by atoms with Crippen molar-refractivity contribution in [3.05, 3.63) is 133 Å². The summed E-state index contributed by atoms with van der Waals surface area (Å²) in [5.41, 5.74) is 0. The summed E-state index contributed by atoms with van der Waals surface area (Å²) in [6.07, 6.45) is 0.808. The first kappa shape index (κ1) is 24.8. The molecule has 5 aromatic rings. The molecule has 0 aliphatic carbocycles. The van der Waals surface area contributed by atoms with Crippen LogP contribution in [0.25, 0.3) is 0 Å². The largest absolute Gasteiger partial charge is 0.494 e. The standard InChI is InChI=1S/C31H32N2O2Si2/c34-30-22-23-31(35)32(30)24-13-25-33(36(26-14-5-1-6-15-26)27-16-7-2-8-17-27)37(28-18-9-3-10-19-28)29-20-11-4-12-21-29/h1-12,14-23,34-37H,13,24-25H2. The van der Waals surface area contributed by atoms with Crippen LogP contribution >= 0.6 is 0 Å². The predicted molar refractivity (Wildman–Crippen MR) is 158 cm³/mol. The molecule has 186 valence electrons. The van der Waals surface area contributed by atoms with Gasteiger partial charge in [0.25, 0.3) is 0 Å². The van der Waals surface area contributed by atoms with Crippen LogP contribution in [0, 0.1) is 0 Å². The van der Waals surface area contributed by atoms with E-state index in [4.69, 9.17) is 0 Å². The van der Waals surface area contributed by atoms with E-state index in [9.17, 15) is 10.2 Å². The highest BCUT2D eigenvalue weighted by atomic mass is 28.4. The summed E-state index contributed by atoms with van der Waals surface area (Å²) >= 11 is 0. The summed E-state index contributed by atoms with van der Waals surface area (Å²) < 4.78 is 4.41. The number of hydrogen-bond donors (Lipinski definition) is 2. The monoisotopic (exact) mass is 520 g/mol. The van der Waals surface area contributed by atoms with Gasteiger partial charge in [-0.1, -0.05) is 121 Å². The molecule has 0 atom stereocenters. The summed E-state index contributed by atoms with van der Waals surface area (Å²) in [7, 11) is -3.67. The summed E-state index contributed by atoms with van der Waals surface area (Å²) in [5, 5.41) is 26.0. The van der Waals surface area contributed by atoms with Gasteiger partial charge in [-0.25, -0.2) is 0 Å². The van der Waals surface area contributed by atoms with Crippen molar-refractivity contribution in [3.63, 3.8) is 0 Å². The molecule has 0 unspecified atom stereocenters. The molecule has 1 heterocycles. The van der Waals surface area contributed by atoms with Gasteiger partial charge in [-0.05, 0) is 33.7 Å². The maximum atomic E-state index is 10.2. The first-order chi connectivity index (χ1) is 18.2. The van der Waals surface area contributed by atoms with E-state index in [-0.39, 0.29) is 11.8 Å². The minimum atomic E-state index is -1.84. The molecule has 0 amide bonds. The molecular formula is C31H32N2O2Si2.